The van der Waals surface area contributed by atoms with Gasteiger partial charge in [-0.1, -0.05) is 48.5 Å². The van der Waals surface area contributed by atoms with Crippen molar-refractivity contribution in [1.29, 1.82) is 0 Å². The first-order valence-corrected chi connectivity index (χ1v) is 7.67. The summed E-state index contributed by atoms with van der Waals surface area (Å²) in [5.41, 5.74) is -0.0581. The second-order valence-corrected chi connectivity index (χ2v) is 6.60. The van der Waals surface area contributed by atoms with Gasteiger partial charge in [0, 0.05) is 16.0 Å². The van der Waals surface area contributed by atoms with E-state index in [0.29, 0.717) is 6.42 Å². The van der Waals surface area contributed by atoms with Crippen LogP contribution in [0.1, 0.15) is 17.4 Å². The average Bonchev–Trinajstić information content (AvgIpc) is 2.89. The van der Waals surface area contributed by atoms with Crippen LogP contribution in [0.4, 0.5) is 0 Å². The van der Waals surface area contributed by atoms with E-state index in [1.165, 1.54) is 10.1 Å². The van der Waals surface area contributed by atoms with Crippen molar-refractivity contribution < 1.29 is 9.90 Å². The monoisotopic (exact) mass is 296 g/mol. The van der Waals surface area contributed by atoms with Gasteiger partial charge in [0.05, 0.1) is 5.41 Å². The van der Waals surface area contributed by atoms with Gasteiger partial charge >= 0.3 is 5.97 Å². The summed E-state index contributed by atoms with van der Waals surface area (Å²) in [6, 6.07) is 19.7. The number of hydrogen-bond donors (Lipinski definition) is 1. The number of carboxylic acids is 1. The lowest BCUT2D eigenvalue weighted by Crippen LogP contribution is -2.34. The van der Waals surface area contributed by atoms with Crippen LogP contribution in [0, 0.1) is 0 Å². The van der Waals surface area contributed by atoms with Crippen molar-refractivity contribution in [1.82, 2.24) is 0 Å². The predicted molar refractivity (Wildman–Crippen MR) is 87.0 cm³/mol. The fraction of sp³-hybridized carbons (Fsp3) is 0.167. The zero-order valence-corrected chi connectivity index (χ0v) is 12.6. The van der Waals surface area contributed by atoms with Gasteiger partial charge in [-0.25, -0.2) is 0 Å². The van der Waals surface area contributed by atoms with E-state index in [4.69, 9.17) is 0 Å². The molecule has 0 aliphatic carbocycles. The SMILES string of the molecule is CC(Cc1cc2ccccc2s1)(C(=O)O)c1ccccc1. The molecule has 1 atom stereocenters. The van der Waals surface area contributed by atoms with E-state index >= 15 is 0 Å². The molecule has 0 saturated heterocycles. The predicted octanol–water partition coefficient (Wildman–Crippen LogP) is 4.49. The van der Waals surface area contributed by atoms with Crippen molar-refractivity contribution in [2.45, 2.75) is 18.8 Å². The maximum atomic E-state index is 11.8. The quantitative estimate of drug-likeness (QED) is 0.770. The molecule has 3 heteroatoms. The lowest BCUT2D eigenvalue weighted by atomic mass is 9.79. The maximum Gasteiger partial charge on any atom is 0.314 e. The van der Waals surface area contributed by atoms with Gasteiger partial charge in [0.2, 0.25) is 0 Å². The molecule has 2 aromatic carbocycles. The van der Waals surface area contributed by atoms with Crippen molar-refractivity contribution in [3.8, 4) is 0 Å². The van der Waals surface area contributed by atoms with Gasteiger partial charge in [-0.3, -0.25) is 4.79 Å². The van der Waals surface area contributed by atoms with E-state index in [-0.39, 0.29) is 0 Å². The molecule has 0 radical (unpaired) electrons. The van der Waals surface area contributed by atoms with Gasteiger partial charge in [-0.05, 0) is 30.0 Å². The van der Waals surface area contributed by atoms with E-state index in [0.717, 1.165) is 10.4 Å². The Bertz CT molecular complexity index is 743. The number of fused-ring (bicyclic) bond motifs is 1. The molecule has 106 valence electrons. The second kappa shape index (κ2) is 5.34. The van der Waals surface area contributed by atoms with E-state index in [1.54, 1.807) is 18.3 Å². The third-order valence-corrected chi connectivity index (χ3v) is 5.00. The molecule has 1 aromatic heterocycles. The Labute approximate surface area is 127 Å². The molecule has 3 aromatic rings. The number of benzene rings is 2. The highest BCUT2D eigenvalue weighted by Gasteiger charge is 2.35. The Morgan fingerprint density at radius 1 is 1.10 bits per heavy atom. The van der Waals surface area contributed by atoms with Crippen LogP contribution in [0.5, 0.6) is 0 Å². The van der Waals surface area contributed by atoms with Crippen LogP contribution in [0.2, 0.25) is 0 Å². The molecule has 0 aliphatic heterocycles. The highest BCUT2D eigenvalue weighted by Crippen LogP contribution is 2.33. The minimum absolute atomic E-state index is 0.506. The molecule has 1 heterocycles. The molecular weight excluding hydrogens is 280 g/mol. The van der Waals surface area contributed by atoms with Gasteiger partial charge < -0.3 is 5.11 Å². The highest BCUT2D eigenvalue weighted by molar-refractivity contribution is 7.19. The first-order valence-electron chi connectivity index (χ1n) is 6.86. The van der Waals surface area contributed by atoms with E-state index in [2.05, 4.69) is 18.2 Å². The fourth-order valence-electron chi connectivity index (χ4n) is 2.58. The summed E-state index contributed by atoms with van der Waals surface area (Å²) in [4.78, 5) is 12.9. The van der Waals surface area contributed by atoms with E-state index in [1.807, 2.05) is 42.5 Å². The number of hydrogen-bond acceptors (Lipinski definition) is 2. The van der Waals surface area contributed by atoms with Gasteiger partial charge in [-0.2, -0.15) is 0 Å². The molecule has 1 unspecified atom stereocenters. The van der Waals surface area contributed by atoms with Crippen LogP contribution in [0.3, 0.4) is 0 Å². The van der Waals surface area contributed by atoms with Crippen molar-refractivity contribution in [3.05, 3.63) is 71.1 Å². The van der Waals surface area contributed by atoms with Gasteiger partial charge in [0.15, 0.2) is 0 Å². The lowest BCUT2D eigenvalue weighted by molar-refractivity contribution is -0.143. The Morgan fingerprint density at radius 2 is 1.76 bits per heavy atom. The topological polar surface area (TPSA) is 37.3 Å². The number of rotatable bonds is 4. The van der Waals surface area contributed by atoms with Crippen LogP contribution in [0.15, 0.2) is 60.7 Å². The Morgan fingerprint density at radius 3 is 2.43 bits per heavy atom. The smallest absolute Gasteiger partial charge is 0.314 e. The molecule has 0 saturated carbocycles. The van der Waals surface area contributed by atoms with Gasteiger partial charge in [0.25, 0.3) is 0 Å². The summed E-state index contributed by atoms with van der Waals surface area (Å²) in [6.07, 6.45) is 0.506. The standard InChI is InChI=1S/C18H16O2S/c1-18(17(19)20,14-8-3-2-4-9-14)12-15-11-13-7-5-6-10-16(13)21-15/h2-11H,12H2,1H3,(H,19,20). The largest absolute Gasteiger partial charge is 0.481 e. The summed E-state index contributed by atoms with van der Waals surface area (Å²) in [5, 5.41) is 10.9. The van der Waals surface area contributed by atoms with Crippen LogP contribution < -0.4 is 0 Å². The molecule has 0 aliphatic rings. The molecule has 0 amide bonds. The van der Waals surface area contributed by atoms with Crippen LogP contribution in [-0.2, 0) is 16.6 Å². The average molecular weight is 296 g/mol. The third kappa shape index (κ3) is 2.57. The molecule has 21 heavy (non-hydrogen) atoms. The van der Waals surface area contributed by atoms with Gasteiger partial charge in [-0.15, -0.1) is 11.3 Å². The Kier molecular flexibility index (Phi) is 3.52. The van der Waals surface area contributed by atoms with Crippen molar-refractivity contribution in [2.75, 3.05) is 0 Å². The van der Waals surface area contributed by atoms with E-state index < -0.39 is 11.4 Å². The number of carbonyl (C=O) groups is 1. The second-order valence-electron chi connectivity index (χ2n) is 5.43. The van der Waals surface area contributed by atoms with Crippen LogP contribution in [-0.4, -0.2) is 11.1 Å². The first-order chi connectivity index (χ1) is 10.1. The molecule has 0 spiro atoms. The van der Waals surface area contributed by atoms with Crippen LogP contribution in [0.25, 0.3) is 10.1 Å². The van der Waals surface area contributed by atoms with Crippen LogP contribution >= 0.6 is 11.3 Å². The maximum absolute atomic E-state index is 11.8. The Hall–Kier alpha value is -2.13. The summed E-state index contributed by atoms with van der Waals surface area (Å²) >= 11 is 1.67. The fourth-order valence-corrected chi connectivity index (χ4v) is 3.80. The Balaban J connectivity index is 2.01. The molecule has 1 N–H and O–H groups in total. The zero-order chi connectivity index (χ0) is 14.9. The van der Waals surface area contributed by atoms with Gasteiger partial charge in [0.1, 0.15) is 0 Å². The van der Waals surface area contributed by atoms with E-state index in [9.17, 15) is 9.90 Å². The minimum atomic E-state index is -0.901. The van der Waals surface area contributed by atoms with Crippen molar-refractivity contribution >= 4 is 27.4 Å². The number of thiophene rings is 1. The summed E-state index contributed by atoms with van der Waals surface area (Å²) < 4.78 is 1.20. The lowest BCUT2D eigenvalue weighted by Gasteiger charge is -2.24. The van der Waals surface area contributed by atoms with Crippen molar-refractivity contribution in [2.24, 2.45) is 0 Å². The van der Waals surface area contributed by atoms with Crippen molar-refractivity contribution in [3.63, 3.8) is 0 Å². The molecule has 0 bridgehead atoms. The summed E-state index contributed by atoms with van der Waals surface area (Å²) in [7, 11) is 0. The normalized spacial score (nSPS) is 14.0. The molecule has 0 fully saturated rings. The number of carboxylic acid groups (broad SMARTS) is 1. The molecule has 2 nitrogen and oxygen atoms in total. The summed E-state index contributed by atoms with van der Waals surface area (Å²) in [6.45, 7) is 1.80. The highest BCUT2D eigenvalue weighted by atomic mass is 32.1. The zero-order valence-electron chi connectivity index (χ0n) is 11.7. The number of aliphatic carboxylic acids is 1. The first kappa shape index (κ1) is 13.8. The third-order valence-electron chi connectivity index (χ3n) is 3.89. The minimum Gasteiger partial charge on any atom is -0.481 e. The summed E-state index contributed by atoms with van der Waals surface area (Å²) in [5.74, 6) is -0.786. The molecular formula is C18H16O2S. The molecule has 3 rings (SSSR count).